The zero-order valence-corrected chi connectivity index (χ0v) is 17.4. The Kier molecular flexibility index (Phi) is 7.20. The maximum absolute atomic E-state index is 13.4. The fourth-order valence-corrected chi connectivity index (χ4v) is 3.26. The van der Waals surface area contributed by atoms with Crippen LogP contribution in [0.3, 0.4) is 0 Å². The Morgan fingerprint density at radius 1 is 1.19 bits per heavy atom. The maximum Gasteiger partial charge on any atom is 0.416 e. The van der Waals surface area contributed by atoms with Gasteiger partial charge in [-0.2, -0.15) is 13.2 Å². The van der Waals surface area contributed by atoms with Crippen molar-refractivity contribution in [3.8, 4) is 11.5 Å². The predicted molar refractivity (Wildman–Crippen MR) is 112 cm³/mol. The molecule has 0 saturated carbocycles. The smallest absolute Gasteiger partial charge is 0.416 e. The van der Waals surface area contributed by atoms with Gasteiger partial charge < -0.3 is 14.8 Å². The second-order valence-corrected chi connectivity index (χ2v) is 7.28. The summed E-state index contributed by atoms with van der Waals surface area (Å²) in [5.41, 5.74) is 0.302. The summed E-state index contributed by atoms with van der Waals surface area (Å²) < 4.78 is 51.2. The monoisotopic (exact) mass is 434 g/mol. The molecule has 0 radical (unpaired) electrons. The average Bonchev–Trinajstić information content (AvgIpc) is 3.58. The van der Waals surface area contributed by atoms with E-state index in [4.69, 9.17) is 9.47 Å². The molecular formula is C23H25F3N2O3. The lowest BCUT2D eigenvalue weighted by Crippen LogP contribution is -2.39. The number of carbonyl (C=O) groups is 1. The van der Waals surface area contributed by atoms with Crippen molar-refractivity contribution in [2.24, 2.45) is 4.99 Å². The van der Waals surface area contributed by atoms with Crippen molar-refractivity contribution in [1.82, 2.24) is 5.32 Å². The van der Waals surface area contributed by atoms with Crippen molar-refractivity contribution in [2.45, 2.75) is 44.5 Å². The summed E-state index contributed by atoms with van der Waals surface area (Å²) in [6.07, 6.45) is -2.32. The van der Waals surface area contributed by atoms with Crippen molar-refractivity contribution >= 4 is 12.1 Å². The fourth-order valence-electron chi connectivity index (χ4n) is 3.26. The number of rotatable bonds is 10. The van der Waals surface area contributed by atoms with Gasteiger partial charge in [-0.1, -0.05) is 31.5 Å². The molecule has 3 rings (SSSR count). The van der Waals surface area contributed by atoms with Crippen LogP contribution in [0.2, 0.25) is 0 Å². The molecule has 2 atom stereocenters. The van der Waals surface area contributed by atoms with Crippen molar-refractivity contribution in [3.63, 3.8) is 0 Å². The Morgan fingerprint density at radius 3 is 2.61 bits per heavy atom. The molecule has 1 N–H and O–H groups in total. The van der Waals surface area contributed by atoms with Gasteiger partial charge in [-0.25, -0.2) is 0 Å². The second kappa shape index (κ2) is 9.85. The lowest BCUT2D eigenvalue weighted by atomic mass is 10.0. The van der Waals surface area contributed by atoms with Crippen LogP contribution in [-0.4, -0.2) is 31.9 Å². The molecule has 1 heterocycles. The first-order valence-electron chi connectivity index (χ1n) is 10.1. The molecule has 166 valence electrons. The van der Waals surface area contributed by atoms with E-state index in [2.05, 4.69) is 10.3 Å². The van der Waals surface area contributed by atoms with Crippen LogP contribution >= 0.6 is 0 Å². The number of benzene rings is 2. The number of methoxy groups -OCH3 is 1. The Morgan fingerprint density at radius 2 is 1.97 bits per heavy atom. The van der Waals surface area contributed by atoms with Crippen molar-refractivity contribution in [1.29, 1.82) is 0 Å². The largest absolute Gasteiger partial charge is 0.497 e. The van der Waals surface area contributed by atoms with E-state index in [-0.39, 0.29) is 17.2 Å². The van der Waals surface area contributed by atoms with Gasteiger partial charge in [0.25, 0.3) is 5.91 Å². The molecule has 31 heavy (non-hydrogen) atoms. The summed E-state index contributed by atoms with van der Waals surface area (Å²) in [5.74, 6) is 0.391. The molecule has 5 nitrogen and oxygen atoms in total. The van der Waals surface area contributed by atoms with Crippen LogP contribution in [0.25, 0.3) is 0 Å². The normalized spacial score (nSPS) is 16.0. The van der Waals surface area contributed by atoms with Crippen LogP contribution in [0.1, 0.15) is 42.5 Å². The van der Waals surface area contributed by atoms with Gasteiger partial charge in [0.1, 0.15) is 17.5 Å². The fraction of sp³-hybridized carbons (Fsp3) is 0.391. The van der Waals surface area contributed by atoms with Gasteiger partial charge >= 0.3 is 6.18 Å². The van der Waals surface area contributed by atoms with Gasteiger partial charge in [0.15, 0.2) is 6.10 Å². The molecular weight excluding hydrogens is 409 g/mol. The molecule has 0 spiro atoms. The summed E-state index contributed by atoms with van der Waals surface area (Å²) in [5, 5.41) is 2.81. The molecule has 2 aromatic rings. The van der Waals surface area contributed by atoms with Gasteiger partial charge in [0, 0.05) is 12.8 Å². The van der Waals surface area contributed by atoms with Crippen molar-refractivity contribution in [2.75, 3.05) is 13.7 Å². The number of nitrogens with zero attached hydrogens (tertiary/aromatic N) is 1. The SMILES string of the molecule is CCCC(Oc1ccc(C2C=N2)c(C(F)(F)F)c1)C(=O)NCCc1cccc(OC)c1. The number of carbonyl (C=O) groups excluding carboxylic acids is 1. The van der Waals surface area contributed by atoms with Gasteiger partial charge in [-0.15, -0.1) is 0 Å². The van der Waals surface area contributed by atoms with E-state index in [1.54, 1.807) is 7.11 Å². The number of alkyl halides is 3. The van der Waals surface area contributed by atoms with E-state index in [1.165, 1.54) is 18.3 Å². The summed E-state index contributed by atoms with van der Waals surface area (Å²) >= 11 is 0. The molecule has 0 aliphatic carbocycles. The lowest BCUT2D eigenvalue weighted by Gasteiger charge is -2.20. The number of hydrogen-bond acceptors (Lipinski definition) is 4. The third kappa shape index (κ3) is 6.23. The van der Waals surface area contributed by atoms with Crippen LogP contribution in [0, 0.1) is 0 Å². The zero-order valence-electron chi connectivity index (χ0n) is 17.4. The van der Waals surface area contributed by atoms with Crippen LogP contribution in [0.4, 0.5) is 13.2 Å². The van der Waals surface area contributed by atoms with Crippen molar-refractivity contribution < 1.29 is 27.4 Å². The van der Waals surface area contributed by atoms with Crippen molar-refractivity contribution in [3.05, 3.63) is 59.2 Å². The number of nitrogens with one attached hydrogen (secondary N) is 1. The third-order valence-corrected chi connectivity index (χ3v) is 4.92. The topological polar surface area (TPSA) is 59.9 Å². The van der Waals surface area contributed by atoms with E-state index in [0.717, 1.165) is 17.4 Å². The first-order chi connectivity index (χ1) is 14.8. The molecule has 8 heteroatoms. The van der Waals surface area contributed by atoms with Crippen LogP contribution in [0.15, 0.2) is 47.5 Å². The molecule has 2 aromatic carbocycles. The number of hydrogen-bond donors (Lipinski definition) is 1. The van der Waals surface area contributed by atoms with Gasteiger partial charge in [-0.05, 0) is 48.2 Å². The molecule has 0 aromatic heterocycles. The molecule has 2 unspecified atom stereocenters. The minimum Gasteiger partial charge on any atom is -0.497 e. The quantitative estimate of drug-likeness (QED) is 0.587. The minimum absolute atomic E-state index is 0.0121. The summed E-state index contributed by atoms with van der Waals surface area (Å²) in [4.78, 5) is 16.4. The first-order valence-corrected chi connectivity index (χ1v) is 10.1. The molecule has 0 saturated heterocycles. The highest BCUT2D eigenvalue weighted by molar-refractivity contribution is 5.81. The molecule has 1 aliphatic heterocycles. The minimum atomic E-state index is -4.53. The van der Waals surface area contributed by atoms with Gasteiger partial charge in [0.05, 0.1) is 12.7 Å². The number of halogens is 3. The standard InChI is InChI=1S/C23H25F3N2O3/c1-3-5-21(22(29)27-11-10-15-6-4-7-16(12-15)30-2)31-17-8-9-18(20-14-28-20)19(13-17)23(24,25)26/h4,6-9,12-14,20-21H,3,5,10-11H2,1-2H3,(H,27,29). The maximum atomic E-state index is 13.4. The summed E-state index contributed by atoms with van der Waals surface area (Å²) in [7, 11) is 1.59. The average molecular weight is 434 g/mol. The second-order valence-electron chi connectivity index (χ2n) is 7.28. The van der Waals surface area contributed by atoms with Crippen LogP contribution < -0.4 is 14.8 Å². The predicted octanol–water partition coefficient (Wildman–Crippen LogP) is 4.75. The van der Waals surface area contributed by atoms with E-state index < -0.39 is 23.9 Å². The first kappa shape index (κ1) is 22.7. The Labute approximate surface area is 179 Å². The summed E-state index contributed by atoms with van der Waals surface area (Å²) in [6.45, 7) is 2.26. The number of amides is 1. The molecule has 0 fully saturated rings. The zero-order chi connectivity index (χ0) is 22.4. The Bertz CT molecular complexity index is 938. The third-order valence-electron chi connectivity index (χ3n) is 4.92. The number of ether oxygens (including phenoxy) is 2. The summed E-state index contributed by atoms with van der Waals surface area (Å²) in [6, 6.07) is 10.8. The number of aliphatic imine (C=N–C) groups is 1. The Balaban J connectivity index is 1.64. The highest BCUT2D eigenvalue weighted by atomic mass is 19.4. The van der Waals surface area contributed by atoms with Gasteiger partial charge in [-0.3, -0.25) is 9.79 Å². The molecule has 0 bridgehead atoms. The molecule has 1 aliphatic rings. The highest BCUT2D eigenvalue weighted by Gasteiger charge is 2.37. The van der Waals surface area contributed by atoms with E-state index in [1.807, 2.05) is 31.2 Å². The molecule has 1 amide bonds. The van der Waals surface area contributed by atoms with Crippen LogP contribution in [-0.2, 0) is 17.4 Å². The van der Waals surface area contributed by atoms with E-state index in [9.17, 15) is 18.0 Å². The lowest BCUT2D eigenvalue weighted by molar-refractivity contribution is -0.138. The van der Waals surface area contributed by atoms with E-state index in [0.29, 0.717) is 25.8 Å². The van der Waals surface area contributed by atoms with Gasteiger partial charge in [0.2, 0.25) is 0 Å². The van der Waals surface area contributed by atoms with E-state index >= 15 is 0 Å². The van der Waals surface area contributed by atoms with Crippen LogP contribution in [0.5, 0.6) is 11.5 Å². The Hall–Kier alpha value is -3.03. The highest BCUT2D eigenvalue weighted by Crippen LogP contribution is 2.40.